The number of anilines is 1. The first-order valence-electron chi connectivity index (χ1n) is 10.2. The Morgan fingerprint density at radius 1 is 1.26 bits per heavy atom. The molecule has 2 unspecified atom stereocenters. The lowest BCUT2D eigenvalue weighted by Gasteiger charge is -2.30. The van der Waals surface area contributed by atoms with E-state index < -0.39 is 18.1 Å². The van der Waals surface area contributed by atoms with Gasteiger partial charge in [-0.25, -0.2) is 4.68 Å². The van der Waals surface area contributed by atoms with Crippen molar-refractivity contribution in [2.45, 2.75) is 39.0 Å². The van der Waals surface area contributed by atoms with Crippen LogP contribution in [0.5, 0.6) is 0 Å². The van der Waals surface area contributed by atoms with Crippen molar-refractivity contribution >= 4 is 34.4 Å². The third kappa shape index (κ3) is 4.58. The van der Waals surface area contributed by atoms with E-state index in [9.17, 15) is 14.4 Å². The van der Waals surface area contributed by atoms with Crippen molar-refractivity contribution in [1.82, 2.24) is 30.7 Å². The molecule has 2 aromatic heterocycles. The molecule has 0 radical (unpaired) electrons. The average molecular weight is 423 g/mol. The second-order valence-corrected chi connectivity index (χ2v) is 7.68. The first kappa shape index (κ1) is 20.6. The molecule has 10 heteroatoms. The normalized spacial score (nSPS) is 18.6. The fourth-order valence-electron chi connectivity index (χ4n) is 3.70. The molecular weight excluding hydrogens is 398 g/mol. The predicted molar refractivity (Wildman–Crippen MR) is 115 cm³/mol. The van der Waals surface area contributed by atoms with Gasteiger partial charge < -0.3 is 20.9 Å². The number of fused-ring (bicyclic) bond motifs is 1. The molecule has 31 heavy (non-hydrogen) atoms. The minimum atomic E-state index is -0.796. The van der Waals surface area contributed by atoms with Crippen molar-refractivity contribution in [3.05, 3.63) is 47.8 Å². The van der Waals surface area contributed by atoms with E-state index in [-0.39, 0.29) is 11.9 Å². The fraction of sp³-hybridized carbons (Fsp3) is 0.333. The highest BCUT2D eigenvalue weighted by molar-refractivity contribution is 6.39. The summed E-state index contributed by atoms with van der Waals surface area (Å²) < 4.78 is 1.46. The third-order valence-corrected chi connectivity index (χ3v) is 5.14. The molecule has 4 rings (SSSR count). The molecule has 0 spiro atoms. The lowest BCUT2D eigenvalue weighted by molar-refractivity contribution is -0.136. The maximum Gasteiger partial charge on any atom is 0.314 e. The Balaban J connectivity index is 1.36. The van der Waals surface area contributed by atoms with Gasteiger partial charge in [0, 0.05) is 42.2 Å². The van der Waals surface area contributed by atoms with Crippen LogP contribution in [-0.2, 0) is 20.8 Å². The summed E-state index contributed by atoms with van der Waals surface area (Å²) in [5, 5.41) is 16.6. The number of aromatic nitrogens is 3. The highest BCUT2D eigenvalue weighted by atomic mass is 16.2. The Labute approximate surface area is 178 Å². The van der Waals surface area contributed by atoms with E-state index in [1.165, 1.54) is 4.68 Å². The molecule has 2 atom stereocenters. The summed E-state index contributed by atoms with van der Waals surface area (Å²) >= 11 is 0. The number of para-hydroxylation sites is 1. The molecule has 0 saturated carbocycles. The molecule has 1 fully saturated rings. The summed E-state index contributed by atoms with van der Waals surface area (Å²) in [4.78, 5) is 39.8. The van der Waals surface area contributed by atoms with Crippen molar-refractivity contribution in [3.63, 3.8) is 0 Å². The van der Waals surface area contributed by atoms with Crippen LogP contribution in [0, 0.1) is 6.92 Å². The van der Waals surface area contributed by atoms with Gasteiger partial charge in [-0.1, -0.05) is 18.2 Å². The number of aromatic amines is 1. The summed E-state index contributed by atoms with van der Waals surface area (Å²) in [7, 11) is 0. The van der Waals surface area contributed by atoms with Crippen molar-refractivity contribution in [2.75, 3.05) is 11.9 Å². The number of hydrogen-bond acceptors (Lipinski definition) is 5. The van der Waals surface area contributed by atoms with Crippen molar-refractivity contribution in [3.8, 4) is 0 Å². The SMILES string of the molecule is Cc1cc(NC(=O)C(=O)NCCc2c[nH]c3ccccc23)n(C2NC(=O)CC(C)N2)n1. The molecule has 3 aromatic rings. The topological polar surface area (TPSA) is 133 Å². The lowest BCUT2D eigenvalue weighted by Crippen LogP contribution is -2.52. The molecule has 5 N–H and O–H groups in total. The van der Waals surface area contributed by atoms with E-state index in [1.807, 2.05) is 37.4 Å². The van der Waals surface area contributed by atoms with E-state index in [1.54, 1.807) is 13.0 Å². The van der Waals surface area contributed by atoms with Crippen LogP contribution >= 0.6 is 0 Å². The number of H-pyrrole nitrogens is 1. The van der Waals surface area contributed by atoms with Gasteiger partial charge in [0.1, 0.15) is 5.82 Å². The van der Waals surface area contributed by atoms with Crippen LogP contribution in [0.2, 0.25) is 0 Å². The zero-order valence-electron chi connectivity index (χ0n) is 17.4. The van der Waals surface area contributed by atoms with E-state index in [4.69, 9.17) is 0 Å². The monoisotopic (exact) mass is 423 g/mol. The average Bonchev–Trinajstić information content (AvgIpc) is 3.30. The third-order valence-electron chi connectivity index (χ3n) is 5.14. The number of nitrogens with one attached hydrogen (secondary N) is 5. The van der Waals surface area contributed by atoms with Gasteiger partial charge in [0.25, 0.3) is 0 Å². The lowest BCUT2D eigenvalue weighted by atomic mass is 10.1. The molecule has 1 aliphatic heterocycles. The summed E-state index contributed by atoms with van der Waals surface area (Å²) in [6.45, 7) is 3.98. The molecular formula is C21H25N7O3. The number of rotatable bonds is 5. The van der Waals surface area contributed by atoms with Gasteiger partial charge in [0.15, 0.2) is 6.29 Å². The van der Waals surface area contributed by atoms with Gasteiger partial charge in [-0.3, -0.25) is 19.7 Å². The van der Waals surface area contributed by atoms with Crippen LogP contribution in [-0.4, -0.2) is 45.1 Å². The van der Waals surface area contributed by atoms with Gasteiger partial charge in [-0.05, 0) is 31.9 Å². The summed E-state index contributed by atoms with van der Waals surface area (Å²) in [6.07, 6.45) is 2.25. The summed E-state index contributed by atoms with van der Waals surface area (Å²) in [5.41, 5.74) is 2.74. The minimum absolute atomic E-state index is 0.0420. The zero-order chi connectivity index (χ0) is 22.0. The molecule has 3 amide bonds. The van der Waals surface area contributed by atoms with E-state index in [0.717, 1.165) is 16.5 Å². The first-order valence-corrected chi connectivity index (χ1v) is 10.2. The van der Waals surface area contributed by atoms with Crippen molar-refractivity contribution in [2.24, 2.45) is 0 Å². The number of hydrogen-bond donors (Lipinski definition) is 5. The molecule has 1 aliphatic rings. The summed E-state index contributed by atoms with van der Waals surface area (Å²) in [6, 6.07) is 9.51. The number of amides is 3. The summed E-state index contributed by atoms with van der Waals surface area (Å²) in [5.74, 6) is -1.33. The molecule has 162 valence electrons. The maximum absolute atomic E-state index is 12.4. The van der Waals surface area contributed by atoms with E-state index in [0.29, 0.717) is 30.9 Å². The molecule has 1 saturated heterocycles. The highest BCUT2D eigenvalue weighted by Gasteiger charge is 2.27. The van der Waals surface area contributed by atoms with Gasteiger partial charge in [0.05, 0.1) is 5.69 Å². The molecule has 0 bridgehead atoms. The Hall–Kier alpha value is -3.66. The predicted octanol–water partition coefficient (Wildman–Crippen LogP) is 0.924. The van der Waals surface area contributed by atoms with Gasteiger partial charge >= 0.3 is 11.8 Å². The quantitative estimate of drug-likeness (QED) is 0.389. The number of carbonyl (C=O) groups is 3. The second kappa shape index (κ2) is 8.60. The minimum Gasteiger partial charge on any atom is -0.361 e. The fourth-order valence-corrected chi connectivity index (χ4v) is 3.70. The second-order valence-electron chi connectivity index (χ2n) is 7.68. The van der Waals surface area contributed by atoms with E-state index in [2.05, 4.69) is 31.3 Å². The Kier molecular flexibility index (Phi) is 5.72. The van der Waals surface area contributed by atoms with Crippen LogP contribution < -0.4 is 21.3 Å². The van der Waals surface area contributed by atoms with Gasteiger partial charge in [-0.2, -0.15) is 5.10 Å². The zero-order valence-corrected chi connectivity index (χ0v) is 17.4. The Bertz CT molecular complexity index is 1130. The number of carbonyl (C=O) groups excluding carboxylic acids is 3. The molecule has 3 heterocycles. The van der Waals surface area contributed by atoms with Crippen molar-refractivity contribution < 1.29 is 14.4 Å². The largest absolute Gasteiger partial charge is 0.361 e. The van der Waals surface area contributed by atoms with Gasteiger partial charge in [-0.15, -0.1) is 0 Å². The van der Waals surface area contributed by atoms with Crippen LogP contribution in [0.15, 0.2) is 36.5 Å². The van der Waals surface area contributed by atoms with Gasteiger partial charge in [0.2, 0.25) is 5.91 Å². The number of nitrogens with zero attached hydrogens (tertiary/aromatic N) is 2. The maximum atomic E-state index is 12.4. The molecule has 1 aromatic carbocycles. The van der Waals surface area contributed by atoms with Crippen LogP contribution in [0.3, 0.4) is 0 Å². The Morgan fingerprint density at radius 2 is 2.06 bits per heavy atom. The van der Waals surface area contributed by atoms with Crippen LogP contribution in [0.4, 0.5) is 5.82 Å². The molecule has 10 nitrogen and oxygen atoms in total. The highest BCUT2D eigenvalue weighted by Crippen LogP contribution is 2.18. The van der Waals surface area contributed by atoms with Crippen molar-refractivity contribution in [1.29, 1.82) is 0 Å². The Morgan fingerprint density at radius 3 is 2.87 bits per heavy atom. The smallest absolute Gasteiger partial charge is 0.314 e. The van der Waals surface area contributed by atoms with Crippen LogP contribution in [0.25, 0.3) is 10.9 Å². The van der Waals surface area contributed by atoms with Crippen LogP contribution in [0.1, 0.15) is 30.9 Å². The number of benzene rings is 1. The molecule has 0 aliphatic carbocycles. The first-order chi connectivity index (χ1) is 14.9. The number of aryl methyl sites for hydroxylation is 1. The van der Waals surface area contributed by atoms with E-state index >= 15 is 0 Å². The standard InChI is InChI=1S/C21H25N7O3/c1-12-10-18(29)26-21(24-12)28-17(9-13(2)27-28)25-20(31)19(30)22-8-7-14-11-23-16-6-4-3-5-15(14)16/h3-6,9,11-12,21,23-24H,7-8,10H2,1-2H3,(H,22,30)(H,25,31)(H,26,29).